The number of aryl methyl sites for hydroxylation is 1. The molecule has 0 unspecified atom stereocenters. The Labute approximate surface area is 134 Å². The molecule has 2 saturated carbocycles. The molecule has 2 bridgehead atoms. The topological polar surface area (TPSA) is 81.4 Å². The Balaban J connectivity index is 1.54. The van der Waals surface area contributed by atoms with Gasteiger partial charge < -0.3 is 14.6 Å². The van der Waals surface area contributed by atoms with Gasteiger partial charge in [0, 0.05) is 18.0 Å². The summed E-state index contributed by atoms with van der Waals surface area (Å²) in [4.78, 5) is 24.8. The van der Waals surface area contributed by atoms with Crippen LogP contribution < -0.4 is 5.32 Å². The molecule has 3 aliphatic carbocycles. The number of carbonyl (C=O) groups is 2. The van der Waals surface area contributed by atoms with Gasteiger partial charge in [-0.3, -0.25) is 9.59 Å². The smallest absolute Gasteiger partial charge is 0.311 e. The number of nitrogens with zero attached hydrogens (tertiary/aromatic N) is 1. The first-order chi connectivity index (χ1) is 11.2. The average Bonchev–Trinajstić information content (AvgIpc) is 3.27. The molecule has 23 heavy (non-hydrogen) atoms. The lowest BCUT2D eigenvalue weighted by atomic mass is 9.84. The summed E-state index contributed by atoms with van der Waals surface area (Å²) in [6.45, 7) is 0. The van der Waals surface area contributed by atoms with Gasteiger partial charge >= 0.3 is 5.97 Å². The number of aromatic nitrogens is 1. The standard InChI is InChI=1S/C17H22N2O4/c1-22-17(21)13-9-6-7-10(8-9)14(13)18-16(20)15-11-4-2-3-5-12(11)23-19-15/h9-10,13-14H,2-8H2,1H3,(H,18,20)/t9-,10-,13+,14-/m0/s1. The zero-order valence-corrected chi connectivity index (χ0v) is 13.3. The molecule has 124 valence electrons. The number of nitrogens with one attached hydrogen (secondary N) is 1. The normalized spacial score (nSPS) is 31.7. The third-order valence-corrected chi connectivity index (χ3v) is 5.85. The lowest BCUT2D eigenvalue weighted by Gasteiger charge is -2.29. The van der Waals surface area contributed by atoms with E-state index < -0.39 is 0 Å². The highest BCUT2D eigenvalue weighted by Gasteiger charge is 2.52. The first-order valence-corrected chi connectivity index (χ1v) is 8.55. The summed E-state index contributed by atoms with van der Waals surface area (Å²) in [5, 5.41) is 7.05. The Morgan fingerprint density at radius 2 is 2.00 bits per heavy atom. The van der Waals surface area contributed by atoms with Crippen LogP contribution in [0.2, 0.25) is 0 Å². The summed E-state index contributed by atoms with van der Waals surface area (Å²) in [6.07, 6.45) is 6.97. The van der Waals surface area contributed by atoms with Gasteiger partial charge in [-0.1, -0.05) is 5.16 Å². The summed E-state index contributed by atoms with van der Waals surface area (Å²) in [7, 11) is 1.42. The molecule has 0 aliphatic heterocycles. The van der Waals surface area contributed by atoms with E-state index in [-0.39, 0.29) is 23.8 Å². The van der Waals surface area contributed by atoms with Crippen LogP contribution in [-0.4, -0.2) is 30.2 Å². The van der Waals surface area contributed by atoms with Crippen LogP contribution in [-0.2, 0) is 22.4 Å². The molecule has 1 heterocycles. The minimum Gasteiger partial charge on any atom is -0.469 e. The third kappa shape index (κ3) is 2.35. The third-order valence-electron chi connectivity index (χ3n) is 5.85. The van der Waals surface area contributed by atoms with E-state index in [4.69, 9.17) is 9.26 Å². The van der Waals surface area contributed by atoms with E-state index in [2.05, 4.69) is 10.5 Å². The van der Waals surface area contributed by atoms with Crippen LogP contribution in [0.5, 0.6) is 0 Å². The highest BCUT2D eigenvalue weighted by Crippen LogP contribution is 2.49. The van der Waals surface area contributed by atoms with Gasteiger partial charge in [-0.25, -0.2) is 0 Å². The molecule has 1 aromatic rings. The van der Waals surface area contributed by atoms with Gasteiger partial charge in [-0.05, 0) is 50.4 Å². The van der Waals surface area contributed by atoms with Crippen molar-refractivity contribution in [3.63, 3.8) is 0 Å². The summed E-state index contributed by atoms with van der Waals surface area (Å²) < 4.78 is 10.3. The van der Waals surface area contributed by atoms with Crippen LogP contribution in [0.3, 0.4) is 0 Å². The molecule has 0 radical (unpaired) electrons. The van der Waals surface area contributed by atoms with Crippen LogP contribution in [0, 0.1) is 17.8 Å². The molecule has 0 spiro atoms. The Morgan fingerprint density at radius 3 is 2.83 bits per heavy atom. The molecule has 4 atom stereocenters. The monoisotopic (exact) mass is 318 g/mol. The zero-order valence-electron chi connectivity index (χ0n) is 13.3. The summed E-state index contributed by atoms with van der Waals surface area (Å²) in [6, 6.07) is -0.135. The van der Waals surface area contributed by atoms with Crippen LogP contribution in [0.25, 0.3) is 0 Å². The van der Waals surface area contributed by atoms with E-state index in [0.717, 1.165) is 56.3 Å². The van der Waals surface area contributed by atoms with E-state index in [1.165, 1.54) is 7.11 Å². The largest absolute Gasteiger partial charge is 0.469 e. The van der Waals surface area contributed by atoms with Crippen LogP contribution in [0.1, 0.15) is 53.9 Å². The number of methoxy groups -OCH3 is 1. The summed E-state index contributed by atoms with van der Waals surface area (Å²) >= 11 is 0. The minimum atomic E-state index is -0.217. The van der Waals surface area contributed by atoms with Gasteiger partial charge in [0.05, 0.1) is 13.0 Å². The molecule has 6 nitrogen and oxygen atoms in total. The van der Waals surface area contributed by atoms with E-state index in [1.54, 1.807) is 0 Å². The van der Waals surface area contributed by atoms with Crippen molar-refractivity contribution < 1.29 is 18.8 Å². The Bertz CT molecular complexity index is 639. The van der Waals surface area contributed by atoms with Crippen molar-refractivity contribution >= 4 is 11.9 Å². The lowest BCUT2D eigenvalue weighted by Crippen LogP contribution is -2.47. The van der Waals surface area contributed by atoms with Gasteiger partial charge in [0.2, 0.25) is 0 Å². The number of carbonyl (C=O) groups excluding carboxylic acids is 2. The van der Waals surface area contributed by atoms with Crippen LogP contribution in [0.15, 0.2) is 4.52 Å². The number of hydrogen-bond acceptors (Lipinski definition) is 5. The first-order valence-electron chi connectivity index (χ1n) is 8.55. The molecule has 2 fully saturated rings. The second kappa shape index (κ2) is 5.65. The second-order valence-electron chi connectivity index (χ2n) is 7.02. The van der Waals surface area contributed by atoms with E-state index in [0.29, 0.717) is 17.5 Å². The fourth-order valence-electron chi connectivity index (χ4n) is 4.76. The number of amides is 1. The molecule has 4 rings (SSSR count). The first kappa shape index (κ1) is 14.7. The van der Waals surface area contributed by atoms with Gasteiger partial charge in [0.1, 0.15) is 5.76 Å². The lowest BCUT2D eigenvalue weighted by molar-refractivity contribution is -0.148. The fourth-order valence-corrected chi connectivity index (χ4v) is 4.76. The maximum atomic E-state index is 12.7. The Morgan fingerprint density at radius 1 is 1.22 bits per heavy atom. The number of hydrogen-bond donors (Lipinski definition) is 1. The molecule has 1 amide bonds. The van der Waals surface area contributed by atoms with Crippen molar-refractivity contribution in [2.24, 2.45) is 17.8 Å². The van der Waals surface area contributed by atoms with E-state index in [1.807, 2.05) is 0 Å². The SMILES string of the molecule is COC(=O)[C@@H]1[C@H]2CC[C@@H](C2)[C@@H]1NC(=O)c1noc2c1CCCC2. The summed E-state index contributed by atoms with van der Waals surface area (Å²) in [5.74, 6) is 0.928. The predicted molar refractivity (Wildman–Crippen MR) is 80.7 cm³/mol. The van der Waals surface area contributed by atoms with Crippen molar-refractivity contribution in [2.45, 2.75) is 51.0 Å². The van der Waals surface area contributed by atoms with Gasteiger partial charge in [0.25, 0.3) is 5.91 Å². The van der Waals surface area contributed by atoms with Crippen molar-refractivity contribution in [3.05, 3.63) is 17.0 Å². The maximum absolute atomic E-state index is 12.7. The molecular formula is C17H22N2O4. The molecular weight excluding hydrogens is 296 g/mol. The van der Waals surface area contributed by atoms with Crippen LogP contribution >= 0.6 is 0 Å². The fraction of sp³-hybridized carbons (Fsp3) is 0.706. The zero-order chi connectivity index (χ0) is 16.0. The van der Waals surface area contributed by atoms with Crippen molar-refractivity contribution in [3.8, 4) is 0 Å². The Hall–Kier alpha value is -1.85. The highest BCUT2D eigenvalue weighted by molar-refractivity contribution is 5.94. The van der Waals surface area contributed by atoms with Gasteiger partial charge in [-0.2, -0.15) is 0 Å². The Kier molecular flexibility index (Phi) is 3.62. The van der Waals surface area contributed by atoms with Crippen molar-refractivity contribution in [1.29, 1.82) is 0 Å². The van der Waals surface area contributed by atoms with Crippen LogP contribution in [0.4, 0.5) is 0 Å². The second-order valence-corrected chi connectivity index (χ2v) is 7.02. The van der Waals surface area contributed by atoms with Crippen molar-refractivity contribution in [1.82, 2.24) is 10.5 Å². The highest BCUT2D eigenvalue weighted by atomic mass is 16.5. The minimum absolute atomic E-state index is 0.135. The summed E-state index contributed by atoms with van der Waals surface area (Å²) in [5.41, 5.74) is 1.36. The number of ether oxygens (including phenoxy) is 1. The molecule has 6 heteroatoms. The average molecular weight is 318 g/mol. The van der Waals surface area contributed by atoms with E-state index >= 15 is 0 Å². The molecule has 1 aromatic heterocycles. The van der Waals surface area contributed by atoms with Crippen molar-refractivity contribution in [2.75, 3.05) is 7.11 Å². The van der Waals surface area contributed by atoms with Gasteiger partial charge in [0.15, 0.2) is 5.69 Å². The van der Waals surface area contributed by atoms with Gasteiger partial charge in [-0.15, -0.1) is 0 Å². The predicted octanol–water partition coefficient (Wildman–Crippen LogP) is 1.87. The molecule has 1 N–H and O–H groups in total. The molecule has 0 saturated heterocycles. The number of rotatable bonds is 3. The maximum Gasteiger partial charge on any atom is 0.311 e. The number of esters is 1. The van der Waals surface area contributed by atoms with E-state index in [9.17, 15) is 9.59 Å². The molecule has 0 aromatic carbocycles. The molecule has 3 aliphatic rings. The quantitative estimate of drug-likeness (QED) is 0.861. The number of fused-ring (bicyclic) bond motifs is 3.